The molecule has 1 aliphatic heterocycles. The van der Waals surface area contributed by atoms with Crippen LogP contribution in [0.5, 0.6) is 0 Å². The van der Waals surface area contributed by atoms with Crippen molar-refractivity contribution < 1.29 is 23.9 Å². The average Bonchev–Trinajstić information content (AvgIpc) is 2.61. The maximum Gasteiger partial charge on any atom is 0.291 e. The van der Waals surface area contributed by atoms with Crippen molar-refractivity contribution in [3.63, 3.8) is 0 Å². The number of rotatable bonds is 5. The number of carbonyl (C=O) groups excluding carboxylic acids is 3. The van der Waals surface area contributed by atoms with Gasteiger partial charge in [-0.05, 0) is 25.5 Å². The van der Waals surface area contributed by atoms with Gasteiger partial charge in [-0.25, -0.2) is 4.39 Å². The van der Waals surface area contributed by atoms with Crippen LogP contribution in [0.1, 0.15) is 13.3 Å². The van der Waals surface area contributed by atoms with Crippen LogP contribution in [0.3, 0.4) is 0 Å². The summed E-state index contributed by atoms with van der Waals surface area (Å²) in [6.45, 7) is 4.71. The SMILES string of the molecule is C=C/C(F)=C(Cl)\C=C\CN1CC/C=C(\C(N)=O)NC(=O)/C(O)=C(\C)C1=O. The molecule has 0 saturated carbocycles. The molecule has 0 aromatic rings. The van der Waals surface area contributed by atoms with Gasteiger partial charge in [0.05, 0.1) is 10.6 Å². The first-order valence-corrected chi connectivity index (χ1v) is 7.91. The minimum Gasteiger partial charge on any atom is -0.503 e. The van der Waals surface area contributed by atoms with Gasteiger partial charge in [0.1, 0.15) is 11.5 Å². The highest BCUT2D eigenvalue weighted by Gasteiger charge is 2.23. The molecular weight excluding hydrogens is 365 g/mol. The lowest BCUT2D eigenvalue weighted by molar-refractivity contribution is -0.128. The van der Waals surface area contributed by atoms with Gasteiger partial charge in [-0.1, -0.05) is 30.3 Å². The summed E-state index contributed by atoms with van der Waals surface area (Å²) in [7, 11) is 0. The molecule has 0 radical (unpaired) electrons. The molecule has 140 valence electrons. The lowest BCUT2D eigenvalue weighted by Crippen LogP contribution is -2.38. The molecule has 26 heavy (non-hydrogen) atoms. The topological polar surface area (TPSA) is 113 Å². The van der Waals surface area contributed by atoms with Crippen molar-refractivity contribution in [1.82, 2.24) is 10.2 Å². The molecule has 0 unspecified atom stereocenters. The lowest BCUT2D eigenvalue weighted by Gasteiger charge is -2.22. The van der Waals surface area contributed by atoms with Crippen molar-refractivity contribution in [1.29, 1.82) is 0 Å². The lowest BCUT2D eigenvalue weighted by atomic mass is 10.1. The molecule has 4 N–H and O–H groups in total. The van der Waals surface area contributed by atoms with E-state index in [9.17, 15) is 23.9 Å². The van der Waals surface area contributed by atoms with Gasteiger partial charge in [-0.3, -0.25) is 14.4 Å². The molecule has 1 rings (SSSR count). The second-order valence-electron chi connectivity index (χ2n) is 5.25. The molecule has 0 bridgehead atoms. The number of carbonyl (C=O) groups is 3. The van der Waals surface area contributed by atoms with E-state index in [4.69, 9.17) is 17.3 Å². The van der Waals surface area contributed by atoms with Gasteiger partial charge in [0, 0.05) is 13.1 Å². The maximum atomic E-state index is 13.2. The van der Waals surface area contributed by atoms with Crippen LogP contribution in [0.2, 0.25) is 0 Å². The fourth-order valence-corrected chi connectivity index (χ4v) is 2.17. The van der Waals surface area contributed by atoms with Gasteiger partial charge in [-0.15, -0.1) is 0 Å². The fourth-order valence-electron chi connectivity index (χ4n) is 2.00. The van der Waals surface area contributed by atoms with Crippen LogP contribution < -0.4 is 11.1 Å². The Morgan fingerprint density at radius 2 is 2.19 bits per heavy atom. The number of nitrogens with zero attached hydrogens (tertiary/aromatic N) is 1. The Morgan fingerprint density at radius 1 is 1.54 bits per heavy atom. The zero-order chi connectivity index (χ0) is 19.9. The number of hydrogen-bond acceptors (Lipinski definition) is 4. The summed E-state index contributed by atoms with van der Waals surface area (Å²) in [6, 6.07) is 0. The average molecular weight is 384 g/mol. The normalized spacial score (nSPS) is 22.4. The number of nitrogens with two attached hydrogens (primary N) is 1. The minimum absolute atomic E-state index is 0.0332. The summed E-state index contributed by atoms with van der Waals surface area (Å²) in [5, 5.41) is 11.9. The predicted molar refractivity (Wildman–Crippen MR) is 95.3 cm³/mol. The third-order valence-corrected chi connectivity index (χ3v) is 3.74. The summed E-state index contributed by atoms with van der Waals surface area (Å²) in [5.74, 6) is -4.03. The monoisotopic (exact) mass is 383 g/mol. The van der Waals surface area contributed by atoms with E-state index in [0.29, 0.717) is 0 Å². The molecule has 0 spiro atoms. The van der Waals surface area contributed by atoms with Crippen LogP contribution in [-0.4, -0.2) is 40.8 Å². The molecule has 7 nitrogen and oxygen atoms in total. The summed E-state index contributed by atoms with van der Waals surface area (Å²) < 4.78 is 13.2. The summed E-state index contributed by atoms with van der Waals surface area (Å²) >= 11 is 5.70. The van der Waals surface area contributed by atoms with Crippen molar-refractivity contribution >= 4 is 29.3 Å². The van der Waals surface area contributed by atoms with Crippen molar-refractivity contribution in [2.24, 2.45) is 5.73 Å². The van der Waals surface area contributed by atoms with Crippen LogP contribution in [0.15, 0.2) is 58.8 Å². The number of allylic oxidation sites excluding steroid dienone is 4. The van der Waals surface area contributed by atoms with E-state index < -0.39 is 29.3 Å². The predicted octanol–water partition coefficient (Wildman–Crippen LogP) is 1.70. The van der Waals surface area contributed by atoms with Gasteiger partial charge in [0.25, 0.3) is 17.7 Å². The number of halogens is 2. The molecule has 0 aromatic carbocycles. The standard InChI is InChI=1S/C17H19ClFN3O4/c1-3-12(19)11(18)6-4-8-22-9-5-7-13(15(20)24)21-16(25)14(23)10(2)17(22)26/h3-4,6-7,23H,1,5,8-9H2,2H3,(H2,20,24)(H,21,25)/b6-4+,12-11-,13-7+,14-10-. The number of amides is 3. The number of aliphatic hydroxyl groups excluding tert-OH is 1. The summed E-state index contributed by atoms with van der Waals surface area (Å²) in [4.78, 5) is 37.0. The molecule has 0 atom stereocenters. The van der Waals surface area contributed by atoms with Crippen LogP contribution in [0.25, 0.3) is 0 Å². The van der Waals surface area contributed by atoms with Crippen molar-refractivity contribution in [2.45, 2.75) is 13.3 Å². The first-order chi connectivity index (χ1) is 12.2. The molecule has 0 fully saturated rings. The number of hydrogen-bond donors (Lipinski definition) is 3. The molecule has 0 aliphatic carbocycles. The Balaban J connectivity index is 3.11. The maximum absolute atomic E-state index is 13.2. The molecule has 0 saturated heterocycles. The highest BCUT2D eigenvalue weighted by molar-refractivity contribution is 6.31. The third-order valence-electron chi connectivity index (χ3n) is 3.44. The van der Waals surface area contributed by atoms with E-state index in [1.165, 1.54) is 30.1 Å². The van der Waals surface area contributed by atoms with Crippen LogP contribution in [0, 0.1) is 0 Å². The van der Waals surface area contributed by atoms with Gasteiger partial charge < -0.3 is 21.1 Å². The Hall–Kier alpha value is -2.87. The number of primary amides is 1. The van der Waals surface area contributed by atoms with E-state index in [1.54, 1.807) is 0 Å². The molecule has 1 heterocycles. The second kappa shape index (κ2) is 9.57. The van der Waals surface area contributed by atoms with Gasteiger partial charge in [0.15, 0.2) is 5.76 Å². The number of nitrogens with one attached hydrogen (secondary N) is 1. The van der Waals surface area contributed by atoms with Crippen LogP contribution in [0.4, 0.5) is 4.39 Å². The Morgan fingerprint density at radius 3 is 2.77 bits per heavy atom. The van der Waals surface area contributed by atoms with Crippen molar-refractivity contribution in [2.75, 3.05) is 13.1 Å². The summed E-state index contributed by atoms with van der Waals surface area (Å²) in [6.07, 6.45) is 5.22. The highest BCUT2D eigenvalue weighted by atomic mass is 35.5. The van der Waals surface area contributed by atoms with Gasteiger partial charge >= 0.3 is 0 Å². The van der Waals surface area contributed by atoms with E-state index in [1.807, 2.05) is 0 Å². The molecule has 9 heteroatoms. The Kier molecular flexibility index (Phi) is 7.79. The van der Waals surface area contributed by atoms with Crippen LogP contribution in [-0.2, 0) is 14.4 Å². The first-order valence-electron chi connectivity index (χ1n) is 7.53. The Labute approximate surface area is 155 Å². The zero-order valence-corrected chi connectivity index (χ0v) is 14.8. The highest BCUT2D eigenvalue weighted by Crippen LogP contribution is 2.14. The zero-order valence-electron chi connectivity index (χ0n) is 14.1. The number of aliphatic hydroxyl groups is 1. The van der Waals surface area contributed by atoms with Crippen molar-refractivity contribution in [3.8, 4) is 0 Å². The third kappa shape index (κ3) is 5.59. The molecule has 1 aliphatic rings. The first kappa shape index (κ1) is 21.2. The van der Waals surface area contributed by atoms with E-state index in [-0.39, 0.29) is 35.8 Å². The molecule has 3 amide bonds. The molecule has 0 aromatic heterocycles. The molecular formula is C17H19ClFN3O4. The Bertz CT molecular complexity index is 753. The van der Waals surface area contributed by atoms with E-state index in [0.717, 1.165) is 6.08 Å². The smallest absolute Gasteiger partial charge is 0.291 e. The van der Waals surface area contributed by atoms with Gasteiger partial charge in [0.2, 0.25) is 0 Å². The van der Waals surface area contributed by atoms with Crippen LogP contribution >= 0.6 is 11.6 Å². The largest absolute Gasteiger partial charge is 0.503 e. The quantitative estimate of drug-likeness (QED) is 0.627. The van der Waals surface area contributed by atoms with E-state index in [2.05, 4.69) is 11.9 Å². The van der Waals surface area contributed by atoms with E-state index >= 15 is 0 Å². The van der Waals surface area contributed by atoms with Gasteiger partial charge in [-0.2, -0.15) is 0 Å². The fraction of sp³-hybridized carbons (Fsp3) is 0.235. The van der Waals surface area contributed by atoms with Crippen molar-refractivity contribution in [3.05, 3.63) is 58.8 Å². The second-order valence-corrected chi connectivity index (χ2v) is 5.66. The summed E-state index contributed by atoms with van der Waals surface area (Å²) in [5.41, 5.74) is 4.77. The minimum atomic E-state index is -1.02.